The highest BCUT2D eigenvalue weighted by Crippen LogP contribution is 2.21. The van der Waals surface area contributed by atoms with Crippen molar-refractivity contribution in [1.29, 1.82) is 0 Å². The van der Waals surface area contributed by atoms with Gasteiger partial charge in [-0.15, -0.1) is 0 Å². The molecule has 2 aliphatic rings. The van der Waals surface area contributed by atoms with Crippen LogP contribution in [-0.2, 0) is 9.63 Å². The molecule has 0 radical (unpaired) electrons. The van der Waals surface area contributed by atoms with E-state index in [-0.39, 0.29) is 11.7 Å². The second-order valence-electron chi connectivity index (χ2n) is 5.20. The lowest BCUT2D eigenvalue weighted by molar-refractivity contribution is -0.143. The molecule has 5 heteroatoms. The van der Waals surface area contributed by atoms with Gasteiger partial charge in [-0.2, -0.15) is 0 Å². The molecule has 0 saturated carbocycles. The van der Waals surface area contributed by atoms with Crippen LogP contribution in [0.4, 0.5) is 4.39 Å². The van der Waals surface area contributed by atoms with E-state index in [9.17, 15) is 9.18 Å². The fourth-order valence-electron chi connectivity index (χ4n) is 2.68. The quantitative estimate of drug-likeness (QED) is 0.832. The molecule has 1 amide bonds. The van der Waals surface area contributed by atoms with Gasteiger partial charge in [0, 0.05) is 25.1 Å². The van der Waals surface area contributed by atoms with Gasteiger partial charge in [0.25, 0.3) is 5.91 Å². The van der Waals surface area contributed by atoms with Crippen LogP contribution >= 0.6 is 0 Å². The molecule has 4 nitrogen and oxygen atoms in total. The van der Waals surface area contributed by atoms with Crippen molar-refractivity contribution in [3.8, 4) is 0 Å². The summed E-state index contributed by atoms with van der Waals surface area (Å²) < 4.78 is 13.7. The first kappa shape index (κ1) is 13.1. The predicted molar refractivity (Wildman–Crippen MR) is 72.9 cm³/mol. The van der Waals surface area contributed by atoms with Crippen LogP contribution in [0, 0.1) is 5.82 Å². The van der Waals surface area contributed by atoms with Crippen molar-refractivity contribution < 1.29 is 14.0 Å². The molecule has 0 unspecified atom stereocenters. The fourth-order valence-corrected chi connectivity index (χ4v) is 2.68. The maximum Gasteiger partial charge on any atom is 0.266 e. The molecule has 106 valence electrons. The summed E-state index contributed by atoms with van der Waals surface area (Å²) in [7, 11) is 0. The molecule has 0 aliphatic carbocycles. The van der Waals surface area contributed by atoms with Crippen molar-refractivity contribution in [1.82, 2.24) is 4.90 Å². The summed E-state index contributed by atoms with van der Waals surface area (Å²) in [5, 5.41) is 3.89. The minimum atomic E-state index is -0.595. The molecular weight excluding hydrogens is 259 g/mol. The number of halogens is 1. The van der Waals surface area contributed by atoms with Crippen LogP contribution < -0.4 is 0 Å². The van der Waals surface area contributed by atoms with Gasteiger partial charge in [0.05, 0.1) is 5.71 Å². The van der Waals surface area contributed by atoms with Gasteiger partial charge in [-0.1, -0.05) is 23.4 Å². The molecule has 20 heavy (non-hydrogen) atoms. The van der Waals surface area contributed by atoms with Crippen molar-refractivity contribution in [2.45, 2.75) is 31.8 Å². The Balaban J connectivity index is 1.66. The van der Waals surface area contributed by atoms with Crippen LogP contribution in [0.2, 0.25) is 0 Å². The summed E-state index contributed by atoms with van der Waals surface area (Å²) in [6.45, 7) is 1.57. The van der Waals surface area contributed by atoms with E-state index < -0.39 is 6.10 Å². The van der Waals surface area contributed by atoms with E-state index in [0.717, 1.165) is 25.9 Å². The van der Waals surface area contributed by atoms with Crippen LogP contribution in [0.5, 0.6) is 0 Å². The number of hydrogen-bond donors (Lipinski definition) is 0. The van der Waals surface area contributed by atoms with E-state index in [4.69, 9.17) is 4.84 Å². The summed E-state index contributed by atoms with van der Waals surface area (Å²) in [5.74, 6) is -0.360. The van der Waals surface area contributed by atoms with E-state index in [1.807, 2.05) is 4.90 Å². The summed E-state index contributed by atoms with van der Waals surface area (Å²) in [6, 6.07) is 6.43. The number of rotatable bonds is 2. The van der Waals surface area contributed by atoms with Gasteiger partial charge >= 0.3 is 0 Å². The predicted octanol–water partition coefficient (Wildman–Crippen LogP) is 2.33. The molecule has 2 aliphatic heterocycles. The first-order valence-electron chi connectivity index (χ1n) is 7.02. The highest BCUT2D eigenvalue weighted by molar-refractivity contribution is 6.04. The van der Waals surface area contributed by atoms with Gasteiger partial charge in [-0.25, -0.2) is 4.39 Å². The van der Waals surface area contributed by atoms with Crippen LogP contribution in [0.15, 0.2) is 29.4 Å². The molecule has 0 aromatic heterocycles. The Hall–Kier alpha value is -1.91. The summed E-state index contributed by atoms with van der Waals surface area (Å²) in [4.78, 5) is 19.3. The van der Waals surface area contributed by atoms with E-state index >= 15 is 0 Å². The van der Waals surface area contributed by atoms with Crippen molar-refractivity contribution in [3.63, 3.8) is 0 Å². The maximum absolute atomic E-state index is 13.7. The van der Waals surface area contributed by atoms with Gasteiger partial charge in [-0.05, 0) is 25.3 Å². The first-order chi connectivity index (χ1) is 9.75. The Morgan fingerprint density at radius 1 is 1.25 bits per heavy atom. The zero-order chi connectivity index (χ0) is 13.9. The lowest BCUT2D eigenvalue weighted by Crippen LogP contribution is -2.42. The van der Waals surface area contributed by atoms with E-state index in [2.05, 4.69) is 5.16 Å². The molecule has 2 heterocycles. The van der Waals surface area contributed by atoms with Crippen molar-refractivity contribution in [2.24, 2.45) is 5.16 Å². The van der Waals surface area contributed by atoms with Gasteiger partial charge < -0.3 is 9.74 Å². The highest BCUT2D eigenvalue weighted by Gasteiger charge is 2.33. The molecule has 0 bridgehead atoms. The zero-order valence-corrected chi connectivity index (χ0v) is 11.2. The molecule has 1 fully saturated rings. The molecule has 1 aromatic rings. The first-order valence-corrected chi connectivity index (χ1v) is 7.02. The standard InChI is InChI=1S/C15H17FN2O2/c16-12-7-3-2-6-11(12)13-10-14(20-17-13)15(19)18-8-4-1-5-9-18/h2-3,6-7,14H,1,4-5,8-10H2/t14-/m0/s1. The summed E-state index contributed by atoms with van der Waals surface area (Å²) >= 11 is 0. The number of piperidine rings is 1. The van der Waals surface area contributed by atoms with Crippen LogP contribution in [-0.4, -0.2) is 35.7 Å². The topological polar surface area (TPSA) is 41.9 Å². The molecule has 0 N–H and O–H groups in total. The van der Waals surface area contributed by atoms with Crippen molar-refractivity contribution in [3.05, 3.63) is 35.6 Å². The lowest BCUT2D eigenvalue weighted by atomic mass is 10.0. The van der Waals surface area contributed by atoms with E-state index in [1.54, 1.807) is 18.2 Å². The maximum atomic E-state index is 13.7. The van der Waals surface area contributed by atoms with E-state index in [1.165, 1.54) is 12.5 Å². The average Bonchev–Trinajstić information content (AvgIpc) is 2.97. The second-order valence-corrected chi connectivity index (χ2v) is 5.20. The number of carbonyl (C=O) groups excluding carboxylic acids is 1. The third kappa shape index (κ3) is 2.53. The molecule has 3 rings (SSSR count). The molecule has 0 spiro atoms. The third-order valence-electron chi connectivity index (χ3n) is 3.80. The normalized spacial score (nSPS) is 22.4. The smallest absolute Gasteiger partial charge is 0.266 e. The number of hydrogen-bond acceptors (Lipinski definition) is 3. The Morgan fingerprint density at radius 2 is 2.00 bits per heavy atom. The van der Waals surface area contributed by atoms with Crippen LogP contribution in [0.25, 0.3) is 0 Å². The number of nitrogens with zero attached hydrogens (tertiary/aromatic N) is 2. The Kier molecular flexibility index (Phi) is 3.67. The highest BCUT2D eigenvalue weighted by atomic mass is 19.1. The number of likely N-dealkylation sites (tertiary alicyclic amines) is 1. The summed E-state index contributed by atoms with van der Waals surface area (Å²) in [5.41, 5.74) is 0.930. The minimum Gasteiger partial charge on any atom is -0.382 e. The molecule has 1 aromatic carbocycles. The molecule has 1 atom stereocenters. The monoisotopic (exact) mass is 276 g/mol. The van der Waals surface area contributed by atoms with Gasteiger partial charge in [0.2, 0.25) is 6.10 Å². The van der Waals surface area contributed by atoms with Gasteiger partial charge in [-0.3, -0.25) is 4.79 Å². The van der Waals surface area contributed by atoms with Gasteiger partial charge in [0.1, 0.15) is 5.82 Å². The van der Waals surface area contributed by atoms with Crippen molar-refractivity contribution >= 4 is 11.6 Å². The van der Waals surface area contributed by atoms with Gasteiger partial charge in [0.15, 0.2) is 0 Å². The summed E-state index contributed by atoms with van der Waals surface area (Å²) in [6.07, 6.45) is 3.00. The number of carbonyl (C=O) groups is 1. The zero-order valence-electron chi connectivity index (χ0n) is 11.2. The Bertz CT molecular complexity index is 538. The Morgan fingerprint density at radius 3 is 2.75 bits per heavy atom. The number of oxime groups is 1. The van der Waals surface area contributed by atoms with E-state index in [0.29, 0.717) is 17.7 Å². The second kappa shape index (κ2) is 5.61. The minimum absolute atomic E-state index is 0.0280. The largest absolute Gasteiger partial charge is 0.382 e. The third-order valence-corrected chi connectivity index (χ3v) is 3.80. The SMILES string of the molecule is O=C([C@@H]1CC(c2ccccc2F)=NO1)N1CCCCC1. The van der Waals surface area contributed by atoms with Crippen molar-refractivity contribution in [2.75, 3.05) is 13.1 Å². The number of amides is 1. The average molecular weight is 276 g/mol. The molecule has 1 saturated heterocycles. The lowest BCUT2D eigenvalue weighted by Gasteiger charge is -2.28. The number of benzene rings is 1. The Labute approximate surface area is 117 Å². The fraction of sp³-hybridized carbons (Fsp3) is 0.467. The van der Waals surface area contributed by atoms with Crippen LogP contribution in [0.3, 0.4) is 0 Å². The molecular formula is C15H17FN2O2. The van der Waals surface area contributed by atoms with Crippen LogP contribution in [0.1, 0.15) is 31.2 Å².